The van der Waals surface area contributed by atoms with E-state index in [1.54, 1.807) is 0 Å². The smallest absolute Gasteiger partial charge is 0.224 e. The van der Waals surface area contributed by atoms with Crippen LogP contribution in [0.25, 0.3) is 0 Å². The monoisotopic (exact) mass is 319 g/mol. The Morgan fingerprint density at radius 3 is 2.76 bits per heavy atom. The van der Waals surface area contributed by atoms with Crippen LogP contribution in [0.5, 0.6) is 0 Å². The van der Waals surface area contributed by atoms with Crippen LogP contribution < -0.4 is 5.32 Å². The Balaban J connectivity index is 2.34. The fourth-order valence-electron chi connectivity index (χ4n) is 1.15. The summed E-state index contributed by atoms with van der Waals surface area (Å²) in [6.07, 6.45) is 1.43. The molecule has 88 valence electrons. The summed E-state index contributed by atoms with van der Waals surface area (Å²) in [5, 5.41) is 2.71. The Hall–Kier alpha value is -1.27. The zero-order valence-corrected chi connectivity index (χ0v) is 10.6. The van der Waals surface area contributed by atoms with Gasteiger partial charge in [-0.3, -0.25) is 0 Å². The van der Waals surface area contributed by atoms with E-state index >= 15 is 0 Å². The number of anilines is 2. The Bertz CT molecular complexity index is 565. The molecule has 1 aromatic heterocycles. The number of halogens is 4. The molecule has 0 fully saturated rings. The number of benzene rings is 1. The molecular weight excluding hydrogens is 315 g/mol. The van der Waals surface area contributed by atoms with E-state index < -0.39 is 11.6 Å². The highest BCUT2D eigenvalue weighted by Gasteiger charge is 2.08. The van der Waals surface area contributed by atoms with E-state index in [0.717, 1.165) is 12.1 Å². The second kappa shape index (κ2) is 4.93. The molecule has 2 aromatic rings. The van der Waals surface area contributed by atoms with Crippen molar-refractivity contribution < 1.29 is 8.78 Å². The Kier molecular flexibility index (Phi) is 3.54. The molecule has 0 aliphatic rings. The maximum Gasteiger partial charge on any atom is 0.224 e. The Labute approximate surface area is 109 Å². The van der Waals surface area contributed by atoms with Gasteiger partial charge >= 0.3 is 0 Å². The molecule has 1 N–H and O–H groups in total. The number of hydrogen-bond acceptors (Lipinski definition) is 3. The first-order valence-electron chi connectivity index (χ1n) is 4.46. The van der Waals surface area contributed by atoms with Gasteiger partial charge in [0, 0.05) is 12.3 Å². The van der Waals surface area contributed by atoms with E-state index in [2.05, 4.69) is 31.2 Å². The lowest BCUT2D eigenvalue weighted by Crippen LogP contribution is -1.99. The molecule has 0 radical (unpaired) electrons. The third-order valence-electron chi connectivity index (χ3n) is 1.90. The predicted molar refractivity (Wildman–Crippen MR) is 64.4 cm³/mol. The molecule has 0 saturated carbocycles. The van der Waals surface area contributed by atoms with Crippen molar-refractivity contribution in [2.75, 3.05) is 5.32 Å². The molecule has 0 saturated heterocycles. The number of rotatable bonds is 2. The highest BCUT2D eigenvalue weighted by atomic mass is 79.9. The Morgan fingerprint density at radius 1 is 1.29 bits per heavy atom. The van der Waals surface area contributed by atoms with Crippen molar-refractivity contribution in [3.8, 4) is 0 Å². The van der Waals surface area contributed by atoms with E-state index in [0.29, 0.717) is 10.3 Å². The molecule has 0 spiro atoms. The number of nitrogens with one attached hydrogen (secondary N) is 1. The van der Waals surface area contributed by atoms with Gasteiger partial charge in [0.05, 0.1) is 10.2 Å². The minimum absolute atomic E-state index is 0.0261. The van der Waals surface area contributed by atoms with Gasteiger partial charge in [0.1, 0.15) is 17.5 Å². The van der Waals surface area contributed by atoms with Crippen LogP contribution in [0, 0.1) is 11.6 Å². The summed E-state index contributed by atoms with van der Waals surface area (Å²) in [6.45, 7) is 0. The zero-order chi connectivity index (χ0) is 12.4. The summed E-state index contributed by atoms with van der Waals surface area (Å²) in [7, 11) is 0. The van der Waals surface area contributed by atoms with E-state index in [9.17, 15) is 8.78 Å². The maximum absolute atomic E-state index is 13.4. The maximum atomic E-state index is 13.4. The summed E-state index contributed by atoms with van der Waals surface area (Å²) in [6, 6.07) is 3.19. The number of nitrogens with zero attached hydrogens (tertiary/aromatic N) is 2. The van der Waals surface area contributed by atoms with Gasteiger partial charge < -0.3 is 5.32 Å². The summed E-state index contributed by atoms with van der Waals surface area (Å²) in [4.78, 5) is 7.60. The average molecular weight is 321 g/mol. The lowest BCUT2D eigenvalue weighted by Gasteiger charge is -2.08. The molecule has 0 aliphatic heterocycles. The van der Waals surface area contributed by atoms with E-state index in [4.69, 9.17) is 11.6 Å². The van der Waals surface area contributed by atoms with Gasteiger partial charge in [-0.15, -0.1) is 0 Å². The first-order chi connectivity index (χ1) is 8.06. The molecule has 1 heterocycles. The predicted octanol–water partition coefficient (Wildman–Crippen LogP) is 3.91. The van der Waals surface area contributed by atoms with Crippen molar-refractivity contribution in [1.29, 1.82) is 0 Å². The molecule has 0 unspecified atom stereocenters. The van der Waals surface area contributed by atoms with Crippen molar-refractivity contribution in [2.24, 2.45) is 0 Å². The van der Waals surface area contributed by atoms with Crippen LogP contribution in [0.2, 0.25) is 5.28 Å². The van der Waals surface area contributed by atoms with Crippen LogP contribution in [0.15, 0.2) is 28.9 Å². The van der Waals surface area contributed by atoms with Gasteiger partial charge in [-0.2, -0.15) is 4.98 Å². The molecule has 3 nitrogen and oxygen atoms in total. The molecule has 0 atom stereocenters. The fraction of sp³-hybridized carbons (Fsp3) is 0. The molecule has 1 aromatic carbocycles. The SMILES string of the molecule is Fc1ccc(Nc2nc(Cl)ncc2Br)c(F)c1. The van der Waals surface area contributed by atoms with Gasteiger partial charge in [-0.25, -0.2) is 13.8 Å². The minimum Gasteiger partial charge on any atom is -0.337 e. The lowest BCUT2D eigenvalue weighted by molar-refractivity contribution is 0.586. The highest BCUT2D eigenvalue weighted by molar-refractivity contribution is 9.10. The fourth-order valence-corrected chi connectivity index (χ4v) is 1.58. The second-order valence-corrected chi connectivity index (χ2v) is 4.28. The van der Waals surface area contributed by atoms with Gasteiger partial charge in [0.2, 0.25) is 5.28 Å². The summed E-state index contributed by atoms with van der Waals surface area (Å²) in [5.74, 6) is -1.06. The third kappa shape index (κ3) is 2.89. The minimum atomic E-state index is -0.716. The molecule has 17 heavy (non-hydrogen) atoms. The van der Waals surface area contributed by atoms with Crippen LogP contribution >= 0.6 is 27.5 Å². The summed E-state index contributed by atoms with van der Waals surface area (Å²) in [5.41, 5.74) is 0.0990. The van der Waals surface area contributed by atoms with Crippen molar-refractivity contribution in [3.63, 3.8) is 0 Å². The normalized spacial score (nSPS) is 10.4. The largest absolute Gasteiger partial charge is 0.337 e. The Morgan fingerprint density at radius 2 is 2.06 bits per heavy atom. The van der Waals surface area contributed by atoms with Crippen molar-refractivity contribution in [3.05, 3.63) is 45.8 Å². The number of hydrogen-bond donors (Lipinski definition) is 1. The standard InChI is InChI=1S/C10H5BrClF2N3/c11-6-4-15-10(12)17-9(6)16-8-2-1-5(13)3-7(8)14/h1-4H,(H,15,16,17). The third-order valence-corrected chi connectivity index (χ3v) is 2.66. The first-order valence-corrected chi connectivity index (χ1v) is 5.63. The van der Waals surface area contributed by atoms with Gasteiger partial charge in [0.25, 0.3) is 0 Å². The van der Waals surface area contributed by atoms with E-state index in [-0.39, 0.29) is 11.0 Å². The lowest BCUT2D eigenvalue weighted by atomic mass is 10.3. The summed E-state index contributed by atoms with van der Waals surface area (Å²) >= 11 is 8.80. The topological polar surface area (TPSA) is 37.8 Å². The van der Waals surface area contributed by atoms with E-state index in [1.165, 1.54) is 12.3 Å². The quantitative estimate of drug-likeness (QED) is 0.852. The van der Waals surface area contributed by atoms with Crippen LogP contribution in [0.1, 0.15) is 0 Å². The van der Waals surface area contributed by atoms with Gasteiger partial charge in [-0.1, -0.05) is 0 Å². The van der Waals surface area contributed by atoms with Crippen molar-refractivity contribution >= 4 is 39.0 Å². The van der Waals surface area contributed by atoms with Crippen molar-refractivity contribution in [2.45, 2.75) is 0 Å². The first kappa shape index (κ1) is 12.2. The van der Waals surface area contributed by atoms with Crippen LogP contribution in [-0.2, 0) is 0 Å². The molecular formula is C10H5BrClF2N3. The molecule has 7 heteroatoms. The van der Waals surface area contributed by atoms with E-state index in [1.807, 2.05) is 0 Å². The number of aromatic nitrogens is 2. The highest BCUT2D eigenvalue weighted by Crippen LogP contribution is 2.25. The zero-order valence-electron chi connectivity index (χ0n) is 8.22. The van der Waals surface area contributed by atoms with Crippen LogP contribution in [0.4, 0.5) is 20.3 Å². The van der Waals surface area contributed by atoms with Crippen LogP contribution in [0.3, 0.4) is 0 Å². The molecule has 0 aliphatic carbocycles. The molecule has 2 rings (SSSR count). The second-order valence-electron chi connectivity index (χ2n) is 3.08. The summed E-state index contributed by atoms with van der Waals surface area (Å²) < 4.78 is 26.6. The average Bonchev–Trinajstić information content (AvgIpc) is 2.27. The van der Waals surface area contributed by atoms with Gasteiger partial charge in [0.15, 0.2) is 0 Å². The molecule has 0 bridgehead atoms. The van der Waals surface area contributed by atoms with Crippen LogP contribution in [-0.4, -0.2) is 9.97 Å². The van der Waals surface area contributed by atoms with Crippen molar-refractivity contribution in [1.82, 2.24) is 9.97 Å². The molecule has 0 amide bonds. The van der Waals surface area contributed by atoms with Gasteiger partial charge in [-0.05, 0) is 39.7 Å².